The van der Waals surface area contributed by atoms with Crippen LogP contribution in [0.1, 0.15) is 10.4 Å². The Morgan fingerprint density at radius 2 is 1.71 bits per heavy atom. The summed E-state index contributed by atoms with van der Waals surface area (Å²) in [4.78, 5) is 17.2. The molecule has 6 heteroatoms. The summed E-state index contributed by atoms with van der Waals surface area (Å²) in [7, 11) is 1.68. The second-order valence-electron chi connectivity index (χ2n) is 5.10. The van der Waals surface area contributed by atoms with E-state index in [0.717, 1.165) is 22.2 Å². The number of hydrogen-bond donors (Lipinski definition) is 3. The quantitative estimate of drug-likeness (QED) is 0.496. The van der Waals surface area contributed by atoms with E-state index in [9.17, 15) is 4.79 Å². The number of nitrogens with zero attached hydrogens (tertiary/aromatic N) is 1. The third kappa shape index (κ3) is 3.33. The number of pyridine rings is 1. The fraction of sp³-hybridized carbons (Fsp3) is 0.0556. The largest absolute Gasteiger partial charge is 0.364 e. The Kier molecular flexibility index (Phi) is 4.67. The highest BCUT2D eigenvalue weighted by Gasteiger charge is 2.13. The molecule has 120 valence electrons. The first kappa shape index (κ1) is 15.9. The summed E-state index contributed by atoms with van der Waals surface area (Å²) >= 11 is 4.97. The number of fused-ring (bicyclic) bond motifs is 1. The zero-order valence-corrected chi connectivity index (χ0v) is 13.9. The number of carbonyl (C=O) groups excluding carboxylic acids is 1. The van der Waals surface area contributed by atoms with Gasteiger partial charge in [0.1, 0.15) is 0 Å². The van der Waals surface area contributed by atoms with Crippen LogP contribution in [0, 0.1) is 0 Å². The molecular weight excluding hydrogens is 320 g/mol. The molecule has 0 radical (unpaired) electrons. The lowest BCUT2D eigenvalue weighted by molar-refractivity contribution is 0.0945. The van der Waals surface area contributed by atoms with Crippen LogP contribution in [0.4, 0.5) is 0 Å². The third-order valence-electron chi connectivity index (χ3n) is 3.55. The van der Waals surface area contributed by atoms with E-state index >= 15 is 0 Å². The maximum absolute atomic E-state index is 12.6. The Labute approximate surface area is 145 Å². The second-order valence-corrected chi connectivity index (χ2v) is 5.50. The topological polar surface area (TPSA) is 66.0 Å². The number of hydrogen-bond acceptors (Lipinski definition) is 3. The number of hydrazine groups is 1. The first-order valence-electron chi connectivity index (χ1n) is 7.42. The first-order valence-corrected chi connectivity index (χ1v) is 7.83. The van der Waals surface area contributed by atoms with Crippen molar-refractivity contribution < 1.29 is 4.79 Å². The van der Waals surface area contributed by atoms with Crippen molar-refractivity contribution in [3.05, 3.63) is 66.2 Å². The molecule has 1 amide bonds. The van der Waals surface area contributed by atoms with Gasteiger partial charge in [0.25, 0.3) is 5.91 Å². The minimum atomic E-state index is -0.275. The predicted octanol–water partition coefficient (Wildman–Crippen LogP) is 2.64. The third-order valence-corrected chi connectivity index (χ3v) is 3.85. The van der Waals surface area contributed by atoms with Crippen LogP contribution in [0.3, 0.4) is 0 Å². The monoisotopic (exact) mass is 336 g/mol. The Balaban J connectivity index is 2.05. The zero-order chi connectivity index (χ0) is 16.9. The van der Waals surface area contributed by atoms with Gasteiger partial charge in [-0.15, -0.1) is 0 Å². The van der Waals surface area contributed by atoms with Crippen LogP contribution in [-0.2, 0) is 0 Å². The number of thiocarbonyl (C=S) groups is 1. The van der Waals surface area contributed by atoms with Crippen LogP contribution in [0.25, 0.3) is 22.2 Å². The van der Waals surface area contributed by atoms with Gasteiger partial charge < -0.3 is 5.32 Å². The summed E-state index contributed by atoms with van der Waals surface area (Å²) in [5.74, 6) is -0.275. The van der Waals surface area contributed by atoms with E-state index in [4.69, 9.17) is 12.2 Å². The molecule has 0 spiro atoms. The van der Waals surface area contributed by atoms with Gasteiger partial charge in [0, 0.05) is 18.0 Å². The smallest absolute Gasteiger partial charge is 0.270 e. The van der Waals surface area contributed by atoms with Gasteiger partial charge in [-0.05, 0) is 24.4 Å². The number of carbonyl (C=O) groups is 1. The fourth-order valence-corrected chi connectivity index (χ4v) is 2.41. The Bertz CT molecular complexity index is 896. The highest BCUT2D eigenvalue weighted by atomic mass is 32.1. The van der Waals surface area contributed by atoms with Gasteiger partial charge in [0.15, 0.2) is 5.11 Å². The molecule has 3 rings (SSSR count). The first-order chi connectivity index (χ1) is 11.7. The molecule has 1 aromatic heterocycles. The minimum absolute atomic E-state index is 0.275. The van der Waals surface area contributed by atoms with Crippen LogP contribution < -0.4 is 16.2 Å². The Morgan fingerprint density at radius 1 is 1.00 bits per heavy atom. The molecule has 0 saturated heterocycles. The average Bonchev–Trinajstić information content (AvgIpc) is 2.65. The number of aromatic nitrogens is 1. The van der Waals surface area contributed by atoms with Crippen molar-refractivity contribution in [2.24, 2.45) is 0 Å². The molecule has 0 aliphatic carbocycles. The van der Waals surface area contributed by atoms with Crippen molar-refractivity contribution in [1.82, 2.24) is 21.2 Å². The minimum Gasteiger partial charge on any atom is -0.364 e. The molecule has 5 nitrogen and oxygen atoms in total. The van der Waals surface area contributed by atoms with Gasteiger partial charge in [0.05, 0.1) is 16.8 Å². The highest BCUT2D eigenvalue weighted by molar-refractivity contribution is 7.80. The van der Waals surface area contributed by atoms with Crippen molar-refractivity contribution in [2.45, 2.75) is 0 Å². The summed E-state index contributed by atoms with van der Waals surface area (Å²) in [6.45, 7) is 0. The molecule has 0 fully saturated rings. The van der Waals surface area contributed by atoms with Gasteiger partial charge >= 0.3 is 0 Å². The predicted molar refractivity (Wildman–Crippen MR) is 99.4 cm³/mol. The number of nitrogens with one attached hydrogen (secondary N) is 3. The van der Waals surface area contributed by atoms with Crippen LogP contribution in [0.2, 0.25) is 0 Å². The van der Waals surface area contributed by atoms with Crippen molar-refractivity contribution >= 4 is 34.1 Å². The number of rotatable bonds is 2. The summed E-state index contributed by atoms with van der Waals surface area (Å²) in [5.41, 5.74) is 8.25. The molecular formula is C18H16N4OS. The summed E-state index contributed by atoms with van der Waals surface area (Å²) in [6, 6.07) is 19.1. The molecule has 0 aliphatic rings. The van der Waals surface area contributed by atoms with E-state index in [0.29, 0.717) is 10.7 Å². The van der Waals surface area contributed by atoms with E-state index in [1.54, 1.807) is 13.1 Å². The molecule has 24 heavy (non-hydrogen) atoms. The summed E-state index contributed by atoms with van der Waals surface area (Å²) < 4.78 is 0. The maximum atomic E-state index is 12.6. The Hall–Kier alpha value is -2.99. The number of amides is 1. The molecule has 1 heterocycles. The SMILES string of the molecule is CNC(=S)NNC(=O)c1cc(-c2ccccc2)nc2ccccc12. The van der Waals surface area contributed by atoms with E-state index in [-0.39, 0.29) is 5.91 Å². The molecule has 0 aliphatic heterocycles. The lowest BCUT2D eigenvalue weighted by Crippen LogP contribution is -2.45. The summed E-state index contributed by atoms with van der Waals surface area (Å²) in [5, 5.41) is 3.86. The van der Waals surface area contributed by atoms with Gasteiger partial charge in [-0.3, -0.25) is 15.6 Å². The molecule has 0 atom stereocenters. The molecule has 3 N–H and O–H groups in total. The van der Waals surface area contributed by atoms with Crippen molar-refractivity contribution in [1.29, 1.82) is 0 Å². The van der Waals surface area contributed by atoms with Crippen molar-refractivity contribution in [3.8, 4) is 11.3 Å². The van der Waals surface area contributed by atoms with Gasteiger partial charge in [0.2, 0.25) is 0 Å². The van der Waals surface area contributed by atoms with Crippen molar-refractivity contribution in [2.75, 3.05) is 7.05 Å². The van der Waals surface area contributed by atoms with Gasteiger partial charge in [-0.2, -0.15) is 0 Å². The number of para-hydroxylation sites is 1. The molecule has 3 aromatic rings. The van der Waals surface area contributed by atoms with Gasteiger partial charge in [-0.1, -0.05) is 48.5 Å². The lowest BCUT2D eigenvalue weighted by atomic mass is 10.0. The molecule has 0 unspecified atom stereocenters. The molecule has 2 aromatic carbocycles. The standard InChI is InChI=1S/C18H16N4OS/c1-19-18(24)22-21-17(23)14-11-16(12-7-3-2-4-8-12)20-15-10-6-5-9-13(14)15/h2-11H,1H3,(H,21,23)(H2,19,22,24). The van der Waals surface area contributed by atoms with Crippen molar-refractivity contribution in [3.63, 3.8) is 0 Å². The van der Waals surface area contributed by atoms with Gasteiger partial charge in [-0.25, -0.2) is 4.98 Å². The summed E-state index contributed by atoms with van der Waals surface area (Å²) in [6.07, 6.45) is 0. The normalized spacial score (nSPS) is 10.2. The zero-order valence-electron chi connectivity index (χ0n) is 13.0. The molecule has 0 bridgehead atoms. The number of benzene rings is 2. The van der Waals surface area contributed by atoms with E-state index in [1.165, 1.54) is 0 Å². The fourth-order valence-electron chi connectivity index (χ4n) is 2.36. The van der Waals surface area contributed by atoms with E-state index in [2.05, 4.69) is 21.2 Å². The van der Waals surface area contributed by atoms with Crippen LogP contribution in [0.5, 0.6) is 0 Å². The maximum Gasteiger partial charge on any atom is 0.270 e. The average molecular weight is 336 g/mol. The van der Waals surface area contributed by atoms with Crippen LogP contribution >= 0.6 is 12.2 Å². The second kappa shape index (κ2) is 7.06. The highest BCUT2D eigenvalue weighted by Crippen LogP contribution is 2.24. The van der Waals surface area contributed by atoms with E-state index < -0.39 is 0 Å². The Morgan fingerprint density at radius 3 is 2.46 bits per heavy atom. The lowest BCUT2D eigenvalue weighted by Gasteiger charge is -2.12. The van der Waals surface area contributed by atoms with Crippen LogP contribution in [-0.4, -0.2) is 23.1 Å². The molecule has 0 saturated carbocycles. The van der Waals surface area contributed by atoms with Crippen LogP contribution in [0.15, 0.2) is 60.7 Å². The van der Waals surface area contributed by atoms with E-state index in [1.807, 2.05) is 54.6 Å².